The zero-order chi connectivity index (χ0) is 11.6. The van der Waals surface area contributed by atoms with Crippen molar-refractivity contribution in [2.24, 2.45) is 5.41 Å². The summed E-state index contributed by atoms with van der Waals surface area (Å²) in [5, 5.41) is 2.90. The molecule has 0 saturated heterocycles. The van der Waals surface area contributed by atoms with E-state index in [0.717, 1.165) is 0 Å². The Bertz CT molecular complexity index is 381. The molecule has 1 aliphatic carbocycles. The van der Waals surface area contributed by atoms with E-state index in [1.54, 1.807) is 0 Å². The molecule has 0 spiro atoms. The second-order valence-corrected chi connectivity index (χ2v) is 4.85. The van der Waals surface area contributed by atoms with Crippen LogP contribution in [0.3, 0.4) is 0 Å². The number of nitrogens with one attached hydrogen (secondary N) is 1. The van der Waals surface area contributed by atoms with Crippen LogP contribution in [-0.4, -0.2) is 12.5 Å². The largest absolute Gasteiger partial charge is 0.351 e. The standard InChI is InChI=1S/C13H16FNO/c1-13(7-2-8-13)9-15-12(16)10-3-5-11(14)6-4-10/h3-6H,2,7-9H2,1H3,(H,15,16). The van der Waals surface area contributed by atoms with Crippen LogP contribution >= 0.6 is 0 Å². The maximum atomic E-state index is 12.7. The van der Waals surface area contributed by atoms with Crippen molar-refractivity contribution in [3.05, 3.63) is 35.6 Å². The monoisotopic (exact) mass is 221 g/mol. The van der Waals surface area contributed by atoms with E-state index in [9.17, 15) is 9.18 Å². The van der Waals surface area contributed by atoms with E-state index in [4.69, 9.17) is 0 Å². The molecule has 0 heterocycles. The lowest BCUT2D eigenvalue weighted by Gasteiger charge is -2.38. The fourth-order valence-corrected chi connectivity index (χ4v) is 1.95. The van der Waals surface area contributed by atoms with E-state index in [1.165, 1.54) is 43.5 Å². The van der Waals surface area contributed by atoms with Gasteiger partial charge in [0.05, 0.1) is 0 Å². The number of hydrogen-bond donors (Lipinski definition) is 1. The van der Waals surface area contributed by atoms with Gasteiger partial charge in [-0.15, -0.1) is 0 Å². The Labute approximate surface area is 94.9 Å². The highest BCUT2D eigenvalue weighted by Crippen LogP contribution is 2.39. The molecule has 1 amide bonds. The number of carbonyl (C=O) groups excluding carboxylic acids is 1. The van der Waals surface area contributed by atoms with E-state index in [0.29, 0.717) is 12.1 Å². The molecule has 1 saturated carbocycles. The fourth-order valence-electron chi connectivity index (χ4n) is 1.95. The van der Waals surface area contributed by atoms with Gasteiger partial charge in [-0.25, -0.2) is 4.39 Å². The van der Waals surface area contributed by atoms with Crippen molar-refractivity contribution in [3.63, 3.8) is 0 Å². The van der Waals surface area contributed by atoms with Crippen molar-refractivity contribution in [1.29, 1.82) is 0 Å². The van der Waals surface area contributed by atoms with Crippen LogP contribution in [0.1, 0.15) is 36.5 Å². The summed E-state index contributed by atoms with van der Waals surface area (Å²) in [6.45, 7) is 2.89. The topological polar surface area (TPSA) is 29.1 Å². The van der Waals surface area contributed by atoms with Crippen molar-refractivity contribution in [2.75, 3.05) is 6.54 Å². The first-order valence-electron chi connectivity index (χ1n) is 5.63. The van der Waals surface area contributed by atoms with E-state index in [2.05, 4.69) is 12.2 Å². The summed E-state index contributed by atoms with van der Waals surface area (Å²) < 4.78 is 12.7. The van der Waals surface area contributed by atoms with Crippen LogP contribution < -0.4 is 5.32 Å². The Hall–Kier alpha value is -1.38. The molecule has 1 aromatic carbocycles. The van der Waals surface area contributed by atoms with Gasteiger partial charge >= 0.3 is 0 Å². The predicted octanol–water partition coefficient (Wildman–Crippen LogP) is 2.75. The minimum absolute atomic E-state index is 0.117. The number of amides is 1. The highest BCUT2D eigenvalue weighted by molar-refractivity contribution is 5.94. The lowest BCUT2D eigenvalue weighted by Crippen LogP contribution is -2.39. The van der Waals surface area contributed by atoms with Crippen molar-refractivity contribution in [1.82, 2.24) is 5.32 Å². The van der Waals surface area contributed by atoms with E-state index in [1.807, 2.05) is 0 Å². The summed E-state index contributed by atoms with van der Waals surface area (Å²) in [6.07, 6.45) is 3.61. The van der Waals surface area contributed by atoms with Crippen molar-refractivity contribution >= 4 is 5.91 Å². The minimum Gasteiger partial charge on any atom is -0.351 e. The lowest BCUT2D eigenvalue weighted by atomic mass is 9.70. The summed E-state index contributed by atoms with van der Waals surface area (Å²) in [5.41, 5.74) is 0.791. The van der Waals surface area contributed by atoms with Crippen molar-refractivity contribution in [2.45, 2.75) is 26.2 Å². The number of rotatable bonds is 3. The molecule has 2 rings (SSSR count). The van der Waals surface area contributed by atoms with Crippen LogP contribution in [0.4, 0.5) is 4.39 Å². The van der Waals surface area contributed by atoms with Gasteiger partial charge in [0.15, 0.2) is 0 Å². The maximum absolute atomic E-state index is 12.7. The van der Waals surface area contributed by atoms with Crippen molar-refractivity contribution < 1.29 is 9.18 Å². The van der Waals surface area contributed by atoms with Crippen LogP contribution in [0.15, 0.2) is 24.3 Å². The molecule has 0 atom stereocenters. The molecule has 1 aliphatic rings. The Morgan fingerprint density at radius 1 is 1.38 bits per heavy atom. The zero-order valence-electron chi connectivity index (χ0n) is 9.42. The molecule has 0 unspecified atom stereocenters. The molecule has 1 N–H and O–H groups in total. The quantitative estimate of drug-likeness (QED) is 0.835. The molecule has 1 fully saturated rings. The average Bonchev–Trinajstić information content (AvgIpc) is 2.24. The molecule has 2 nitrogen and oxygen atoms in total. The molecule has 0 radical (unpaired) electrons. The number of carbonyl (C=O) groups is 1. The maximum Gasteiger partial charge on any atom is 0.251 e. The van der Waals surface area contributed by atoms with Crippen LogP contribution in [0.25, 0.3) is 0 Å². The Kier molecular flexibility index (Phi) is 2.95. The third-order valence-corrected chi connectivity index (χ3v) is 3.34. The second kappa shape index (κ2) is 4.24. The molecular formula is C13H16FNO. The zero-order valence-corrected chi connectivity index (χ0v) is 9.42. The molecule has 0 bridgehead atoms. The first kappa shape index (κ1) is 11.1. The molecule has 0 aromatic heterocycles. The average molecular weight is 221 g/mol. The smallest absolute Gasteiger partial charge is 0.251 e. The fraction of sp³-hybridized carbons (Fsp3) is 0.462. The normalized spacial score (nSPS) is 17.6. The van der Waals surface area contributed by atoms with E-state index in [-0.39, 0.29) is 17.1 Å². The molecule has 3 heteroatoms. The first-order chi connectivity index (χ1) is 7.59. The van der Waals surface area contributed by atoms with Gasteiger partial charge in [-0.05, 0) is 42.5 Å². The molecular weight excluding hydrogens is 205 g/mol. The van der Waals surface area contributed by atoms with Crippen LogP contribution in [0.5, 0.6) is 0 Å². The van der Waals surface area contributed by atoms with Crippen LogP contribution in [-0.2, 0) is 0 Å². The molecule has 16 heavy (non-hydrogen) atoms. The lowest BCUT2D eigenvalue weighted by molar-refractivity contribution is 0.0891. The number of hydrogen-bond acceptors (Lipinski definition) is 1. The minimum atomic E-state index is -0.317. The van der Waals surface area contributed by atoms with Gasteiger partial charge in [-0.1, -0.05) is 13.3 Å². The number of benzene rings is 1. The van der Waals surface area contributed by atoms with E-state index < -0.39 is 0 Å². The molecule has 86 valence electrons. The van der Waals surface area contributed by atoms with Gasteiger partial charge < -0.3 is 5.32 Å². The Morgan fingerprint density at radius 2 is 2.00 bits per heavy atom. The van der Waals surface area contributed by atoms with Gasteiger partial charge in [0.1, 0.15) is 5.82 Å². The summed E-state index contributed by atoms with van der Waals surface area (Å²) in [4.78, 5) is 11.7. The summed E-state index contributed by atoms with van der Waals surface area (Å²) in [7, 11) is 0. The van der Waals surface area contributed by atoms with Crippen LogP contribution in [0.2, 0.25) is 0 Å². The van der Waals surface area contributed by atoms with Gasteiger partial charge in [0.25, 0.3) is 5.91 Å². The van der Waals surface area contributed by atoms with E-state index >= 15 is 0 Å². The third kappa shape index (κ3) is 2.40. The highest BCUT2D eigenvalue weighted by Gasteiger charge is 2.31. The van der Waals surface area contributed by atoms with Gasteiger partial charge in [0, 0.05) is 12.1 Å². The van der Waals surface area contributed by atoms with Crippen molar-refractivity contribution in [3.8, 4) is 0 Å². The first-order valence-corrected chi connectivity index (χ1v) is 5.63. The number of halogens is 1. The third-order valence-electron chi connectivity index (χ3n) is 3.34. The van der Waals surface area contributed by atoms with Gasteiger partial charge in [-0.3, -0.25) is 4.79 Å². The SMILES string of the molecule is CC1(CNC(=O)c2ccc(F)cc2)CCC1. The Morgan fingerprint density at radius 3 is 2.50 bits per heavy atom. The molecule has 0 aliphatic heterocycles. The summed E-state index contributed by atoms with van der Waals surface area (Å²) in [5.74, 6) is -0.435. The Balaban J connectivity index is 1.90. The predicted molar refractivity (Wildman–Crippen MR) is 60.7 cm³/mol. The second-order valence-electron chi connectivity index (χ2n) is 4.85. The van der Waals surface area contributed by atoms with Crippen LogP contribution in [0, 0.1) is 11.2 Å². The summed E-state index contributed by atoms with van der Waals surface area (Å²) >= 11 is 0. The molecule has 1 aromatic rings. The van der Waals surface area contributed by atoms with Gasteiger partial charge in [0.2, 0.25) is 0 Å². The van der Waals surface area contributed by atoms with Gasteiger partial charge in [-0.2, -0.15) is 0 Å². The highest BCUT2D eigenvalue weighted by atomic mass is 19.1. The summed E-state index contributed by atoms with van der Waals surface area (Å²) in [6, 6.07) is 5.63.